The summed E-state index contributed by atoms with van der Waals surface area (Å²) in [4.78, 5) is 16.0. The highest BCUT2D eigenvalue weighted by molar-refractivity contribution is 6.30. The van der Waals surface area contributed by atoms with Crippen LogP contribution in [-0.4, -0.2) is 16.4 Å². The fourth-order valence-corrected chi connectivity index (χ4v) is 3.10. The highest BCUT2D eigenvalue weighted by atomic mass is 35.5. The molecule has 0 N–H and O–H groups in total. The van der Waals surface area contributed by atoms with Gasteiger partial charge in [-0.15, -0.1) is 0 Å². The molecule has 3 aromatic rings. The van der Waals surface area contributed by atoms with Crippen LogP contribution in [0.2, 0.25) is 5.02 Å². The summed E-state index contributed by atoms with van der Waals surface area (Å²) in [6, 6.07) is 15.9. The molecule has 0 saturated carbocycles. The van der Waals surface area contributed by atoms with Crippen molar-refractivity contribution in [3.05, 3.63) is 76.6 Å². The monoisotopic (exact) mass is 350 g/mol. The third kappa shape index (κ3) is 3.08. The zero-order chi connectivity index (χ0) is 17.4. The Balaban J connectivity index is 1.78. The van der Waals surface area contributed by atoms with Gasteiger partial charge in [0.2, 0.25) is 0 Å². The number of para-hydroxylation sites is 1. The Morgan fingerprint density at radius 2 is 1.92 bits per heavy atom. The van der Waals surface area contributed by atoms with E-state index in [-0.39, 0.29) is 0 Å². The number of hydrogen-bond donors (Lipinski definition) is 0. The number of nitrogens with zero attached hydrogens (tertiary/aromatic N) is 2. The summed E-state index contributed by atoms with van der Waals surface area (Å²) in [5.41, 5.74) is 3.51. The quantitative estimate of drug-likeness (QED) is 0.509. The molecule has 0 bridgehead atoms. The van der Waals surface area contributed by atoms with Gasteiger partial charge in [-0.1, -0.05) is 41.9 Å². The first kappa shape index (κ1) is 15.7. The second-order valence-electron chi connectivity index (χ2n) is 5.91. The molecule has 4 nitrogen and oxygen atoms in total. The minimum atomic E-state index is -0.410. The molecule has 1 aliphatic heterocycles. The van der Waals surface area contributed by atoms with Gasteiger partial charge in [-0.25, -0.2) is 9.79 Å². The van der Waals surface area contributed by atoms with Crippen LogP contribution in [-0.2, 0) is 16.1 Å². The molecule has 0 spiro atoms. The molecule has 0 saturated heterocycles. The number of benzene rings is 2. The lowest BCUT2D eigenvalue weighted by Crippen LogP contribution is -1.99. The molecule has 2 aromatic carbocycles. The molecular formula is C20H15ClN2O2. The number of esters is 1. The molecular weight excluding hydrogens is 336 g/mol. The standard InChI is InChI=1S/C20H15ClN2O2/c1-13-22-18(20(24)25-13)10-15-12-23(19-5-3-2-4-17(15)19)11-14-6-8-16(21)9-7-14/h2-10,12H,11H2,1H3/b18-10+. The van der Waals surface area contributed by atoms with E-state index in [2.05, 4.69) is 15.6 Å². The molecule has 0 aliphatic carbocycles. The number of halogens is 1. The summed E-state index contributed by atoms with van der Waals surface area (Å²) in [7, 11) is 0. The summed E-state index contributed by atoms with van der Waals surface area (Å²) >= 11 is 5.96. The summed E-state index contributed by atoms with van der Waals surface area (Å²) in [5.74, 6) is -0.0341. The Morgan fingerprint density at radius 1 is 1.16 bits per heavy atom. The second kappa shape index (κ2) is 6.22. The summed E-state index contributed by atoms with van der Waals surface area (Å²) < 4.78 is 7.15. The van der Waals surface area contributed by atoms with Crippen molar-refractivity contribution >= 4 is 40.4 Å². The van der Waals surface area contributed by atoms with E-state index in [1.54, 1.807) is 13.0 Å². The Morgan fingerprint density at radius 3 is 2.64 bits per heavy atom. The van der Waals surface area contributed by atoms with Crippen LogP contribution in [0.4, 0.5) is 0 Å². The van der Waals surface area contributed by atoms with Gasteiger partial charge >= 0.3 is 5.97 Å². The van der Waals surface area contributed by atoms with Crippen molar-refractivity contribution in [1.82, 2.24) is 4.57 Å². The molecule has 0 unspecified atom stereocenters. The number of aliphatic imine (C=N–C) groups is 1. The number of ether oxygens (including phenoxy) is 1. The zero-order valence-electron chi connectivity index (χ0n) is 13.6. The summed E-state index contributed by atoms with van der Waals surface area (Å²) in [6.07, 6.45) is 3.81. The first-order valence-corrected chi connectivity index (χ1v) is 8.29. The molecule has 1 aliphatic rings. The van der Waals surface area contributed by atoms with E-state index in [9.17, 15) is 4.79 Å². The lowest BCUT2D eigenvalue weighted by atomic mass is 10.1. The number of carbonyl (C=O) groups is 1. The molecule has 124 valence electrons. The zero-order valence-corrected chi connectivity index (χ0v) is 14.3. The number of carbonyl (C=O) groups excluding carboxylic acids is 1. The lowest BCUT2D eigenvalue weighted by molar-refractivity contribution is -0.130. The third-order valence-electron chi connectivity index (χ3n) is 4.11. The normalized spacial score (nSPS) is 15.7. The number of fused-ring (bicyclic) bond motifs is 1. The molecule has 0 amide bonds. The van der Waals surface area contributed by atoms with Crippen molar-refractivity contribution in [2.45, 2.75) is 13.5 Å². The van der Waals surface area contributed by atoms with Crippen LogP contribution < -0.4 is 0 Å². The largest absolute Gasteiger partial charge is 0.407 e. The fourth-order valence-electron chi connectivity index (χ4n) is 2.97. The Labute approximate surface area is 150 Å². The predicted molar refractivity (Wildman–Crippen MR) is 99.7 cm³/mol. The second-order valence-corrected chi connectivity index (χ2v) is 6.34. The average molecular weight is 351 g/mol. The van der Waals surface area contributed by atoms with E-state index in [1.165, 1.54) is 0 Å². The van der Waals surface area contributed by atoms with E-state index in [4.69, 9.17) is 16.3 Å². The Bertz CT molecular complexity index is 1030. The summed E-state index contributed by atoms with van der Waals surface area (Å²) in [6.45, 7) is 2.39. The van der Waals surface area contributed by atoms with Gasteiger partial charge in [0.1, 0.15) is 0 Å². The van der Waals surface area contributed by atoms with Gasteiger partial charge in [-0.2, -0.15) is 0 Å². The smallest absolute Gasteiger partial charge is 0.363 e. The first-order valence-electron chi connectivity index (χ1n) is 7.91. The van der Waals surface area contributed by atoms with Crippen LogP contribution in [0.15, 0.2) is 65.4 Å². The number of hydrogen-bond acceptors (Lipinski definition) is 3. The van der Waals surface area contributed by atoms with Gasteiger partial charge in [0, 0.05) is 41.2 Å². The van der Waals surface area contributed by atoms with E-state index in [1.807, 2.05) is 48.7 Å². The van der Waals surface area contributed by atoms with Gasteiger partial charge in [0.25, 0.3) is 0 Å². The molecule has 2 heterocycles. The molecule has 0 radical (unpaired) electrons. The highest BCUT2D eigenvalue weighted by Crippen LogP contribution is 2.26. The predicted octanol–water partition coefficient (Wildman–Crippen LogP) is 4.66. The third-order valence-corrected chi connectivity index (χ3v) is 4.36. The van der Waals surface area contributed by atoms with Gasteiger partial charge in [-0.3, -0.25) is 0 Å². The lowest BCUT2D eigenvalue weighted by Gasteiger charge is -2.05. The van der Waals surface area contributed by atoms with Crippen molar-refractivity contribution < 1.29 is 9.53 Å². The van der Waals surface area contributed by atoms with Crippen molar-refractivity contribution in [2.75, 3.05) is 0 Å². The minimum absolute atomic E-state index is 0.326. The maximum absolute atomic E-state index is 11.8. The van der Waals surface area contributed by atoms with Gasteiger partial charge in [0.05, 0.1) is 0 Å². The fraction of sp³-hybridized carbons (Fsp3) is 0.100. The van der Waals surface area contributed by atoms with Crippen molar-refractivity contribution in [1.29, 1.82) is 0 Å². The van der Waals surface area contributed by atoms with Crippen LogP contribution in [0.5, 0.6) is 0 Å². The maximum Gasteiger partial charge on any atom is 0.363 e. The molecule has 5 heteroatoms. The molecule has 1 aromatic heterocycles. The average Bonchev–Trinajstić information content (AvgIpc) is 3.10. The van der Waals surface area contributed by atoms with Crippen LogP contribution in [0.1, 0.15) is 18.1 Å². The number of rotatable bonds is 3. The van der Waals surface area contributed by atoms with E-state index < -0.39 is 5.97 Å². The van der Waals surface area contributed by atoms with E-state index >= 15 is 0 Å². The Hall–Kier alpha value is -2.85. The van der Waals surface area contributed by atoms with Crippen LogP contribution in [0.25, 0.3) is 17.0 Å². The Kier molecular flexibility index (Phi) is 3.90. The highest BCUT2D eigenvalue weighted by Gasteiger charge is 2.20. The van der Waals surface area contributed by atoms with Crippen molar-refractivity contribution in [3.63, 3.8) is 0 Å². The minimum Gasteiger partial charge on any atom is -0.407 e. The van der Waals surface area contributed by atoms with Crippen molar-refractivity contribution in [3.8, 4) is 0 Å². The van der Waals surface area contributed by atoms with Gasteiger partial charge in [0.15, 0.2) is 11.6 Å². The van der Waals surface area contributed by atoms with Crippen LogP contribution >= 0.6 is 11.6 Å². The van der Waals surface area contributed by atoms with Gasteiger partial charge < -0.3 is 9.30 Å². The van der Waals surface area contributed by atoms with E-state index in [0.29, 0.717) is 18.1 Å². The summed E-state index contributed by atoms with van der Waals surface area (Å²) in [5, 5.41) is 1.79. The van der Waals surface area contributed by atoms with Crippen LogP contribution in [0.3, 0.4) is 0 Å². The van der Waals surface area contributed by atoms with E-state index in [0.717, 1.165) is 27.1 Å². The van der Waals surface area contributed by atoms with Crippen LogP contribution in [0, 0.1) is 0 Å². The van der Waals surface area contributed by atoms with Gasteiger partial charge in [-0.05, 0) is 29.8 Å². The number of cyclic esters (lactones) is 1. The first-order chi connectivity index (χ1) is 12.1. The topological polar surface area (TPSA) is 43.6 Å². The SMILES string of the molecule is CC1=N/C(=C/c2cn(Cc3ccc(Cl)cc3)c3ccccc23)C(=O)O1. The molecule has 25 heavy (non-hydrogen) atoms. The molecule has 0 fully saturated rings. The molecule has 4 rings (SSSR count). The van der Waals surface area contributed by atoms with Crippen molar-refractivity contribution in [2.24, 2.45) is 4.99 Å². The molecule has 0 atom stereocenters. The maximum atomic E-state index is 11.8. The number of aromatic nitrogens is 1.